The first kappa shape index (κ1) is 38.6. The molecule has 0 saturated heterocycles. The molecule has 320 valence electrons. The SMILES string of the molecule is CC1(C)c2ccccc2-c2ccc(N(c3ccc(-c4ccccc4)cc3)c3cc(-n4c5ccccc5c5ccccc54)cc(-n4c5ccccc5c5c6ccccc6c6ccccc6c54)c3)cc21. The Balaban J connectivity index is 1.11. The maximum absolute atomic E-state index is 2.54. The van der Waals surface area contributed by atoms with Crippen molar-refractivity contribution in [1.82, 2.24) is 9.13 Å². The van der Waals surface area contributed by atoms with Gasteiger partial charge in [0, 0.05) is 43.7 Å². The molecule has 0 aliphatic heterocycles. The van der Waals surface area contributed by atoms with Crippen molar-refractivity contribution >= 4 is 82.2 Å². The van der Waals surface area contributed by atoms with Crippen molar-refractivity contribution in [3.63, 3.8) is 0 Å². The van der Waals surface area contributed by atoms with Gasteiger partial charge in [0.15, 0.2) is 0 Å². The van der Waals surface area contributed by atoms with Gasteiger partial charge in [0.2, 0.25) is 0 Å². The van der Waals surface area contributed by atoms with Crippen molar-refractivity contribution in [2.45, 2.75) is 19.3 Å². The molecule has 68 heavy (non-hydrogen) atoms. The second kappa shape index (κ2) is 14.7. The van der Waals surface area contributed by atoms with E-state index >= 15 is 0 Å². The van der Waals surface area contributed by atoms with E-state index < -0.39 is 0 Å². The molecule has 2 heterocycles. The first-order chi connectivity index (χ1) is 33.5. The summed E-state index contributed by atoms with van der Waals surface area (Å²) in [6.07, 6.45) is 0. The first-order valence-electron chi connectivity index (χ1n) is 23.7. The summed E-state index contributed by atoms with van der Waals surface area (Å²) in [6, 6.07) is 87.7. The number of para-hydroxylation sites is 3. The van der Waals surface area contributed by atoms with E-state index in [0.29, 0.717) is 0 Å². The normalized spacial score (nSPS) is 13.0. The molecule has 0 fully saturated rings. The minimum absolute atomic E-state index is 0.173. The van der Waals surface area contributed by atoms with Crippen LogP contribution in [0.2, 0.25) is 0 Å². The Morgan fingerprint density at radius 2 is 0.809 bits per heavy atom. The number of anilines is 3. The fourth-order valence-electron chi connectivity index (χ4n) is 11.8. The third-order valence-corrected chi connectivity index (χ3v) is 14.8. The van der Waals surface area contributed by atoms with E-state index in [9.17, 15) is 0 Å². The van der Waals surface area contributed by atoms with Gasteiger partial charge >= 0.3 is 0 Å². The molecule has 14 rings (SSSR count). The summed E-state index contributed by atoms with van der Waals surface area (Å²) < 4.78 is 5.01. The quantitative estimate of drug-likeness (QED) is 0.152. The van der Waals surface area contributed by atoms with Crippen LogP contribution >= 0.6 is 0 Å². The largest absolute Gasteiger partial charge is 0.310 e. The topological polar surface area (TPSA) is 13.1 Å². The molecule has 13 aromatic rings. The minimum Gasteiger partial charge on any atom is -0.310 e. The highest BCUT2D eigenvalue weighted by molar-refractivity contribution is 6.32. The van der Waals surface area contributed by atoms with Crippen LogP contribution in [0.4, 0.5) is 17.1 Å². The summed E-state index contributed by atoms with van der Waals surface area (Å²) >= 11 is 0. The van der Waals surface area contributed by atoms with Crippen LogP contribution in [-0.2, 0) is 5.41 Å². The summed E-state index contributed by atoms with van der Waals surface area (Å²) in [7, 11) is 0. The Kier molecular flexibility index (Phi) is 8.33. The predicted molar refractivity (Wildman–Crippen MR) is 288 cm³/mol. The molecule has 0 bridgehead atoms. The van der Waals surface area contributed by atoms with Gasteiger partial charge in [0.1, 0.15) is 0 Å². The van der Waals surface area contributed by atoms with E-state index in [2.05, 4.69) is 264 Å². The smallest absolute Gasteiger partial charge is 0.0625 e. The number of hydrogen-bond donors (Lipinski definition) is 0. The lowest BCUT2D eigenvalue weighted by atomic mass is 9.82. The molecule has 11 aromatic carbocycles. The van der Waals surface area contributed by atoms with Crippen LogP contribution < -0.4 is 4.90 Å². The molecule has 0 atom stereocenters. The monoisotopic (exact) mass is 867 g/mol. The molecule has 1 aliphatic rings. The molecule has 3 heteroatoms. The third kappa shape index (κ3) is 5.60. The van der Waals surface area contributed by atoms with Crippen LogP contribution in [-0.4, -0.2) is 9.13 Å². The Labute approximate surface area is 395 Å². The van der Waals surface area contributed by atoms with E-state index in [4.69, 9.17) is 0 Å². The third-order valence-electron chi connectivity index (χ3n) is 14.8. The minimum atomic E-state index is -0.173. The lowest BCUT2D eigenvalue weighted by Gasteiger charge is -2.29. The Hall–Kier alpha value is -8.66. The molecule has 0 saturated carbocycles. The fraction of sp³-hybridized carbons (Fsp3) is 0.0462. The molecule has 0 amide bonds. The van der Waals surface area contributed by atoms with Gasteiger partial charge in [0.05, 0.1) is 39.1 Å². The van der Waals surface area contributed by atoms with Gasteiger partial charge in [0.25, 0.3) is 0 Å². The Morgan fingerprint density at radius 3 is 1.50 bits per heavy atom. The average molecular weight is 868 g/mol. The Bertz CT molecular complexity index is 4120. The van der Waals surface area contributed by atoms with Gasteiger partial charge < -0.3 is 14.0 Å². The second-order valence-corrected chi connectivity index (χ2v) is 18.9. The van der Waals surface area contributed by atoms with Gasteiger partial charge in [-0.25, -0.2) is 0 Å². The second-order valence-electron chi connectivity index (χ2n) is 18.9. The van der Waals surface area contributed by atoms with Gasteiger partial charge in [-0.05, 0) is 110 Å². The molecule has 0 unspecified atom stereocenters. The number of fused-ring (bicyclic) bond motifs is 14. The summed E-state index contributed by atoms with van der Waals surface area (Å²) in [5.74, 6) is 0. The average Bonchev–Trinajstić information content (AvgIpc) is 4.01. The zero-order valence-electron chi connectivity index (χ0n) is 37.9. The zero-order chi connectivity index (χ0) is 45.1. The highest BCUT2D eigenvalue weighted by atomic mass is 15.2. The van der Waals surface area contributed by atoms with E-state index in [0.717, 1.165) is 28.4 Å². The molecule has 1 aliphatic carbocycles. The van der Waals surface area contributed by atoms with Crippen molar-refractivity contribution in [3.8, 4) is 33.6 Å². The van der Waals surface area contributed by atoms with Gasteiger partial charge in [-0.15, -0.1) is 0 Å². The molecule has 3 nitrogen and oxygen atoms in total. The molecular weight excluding hydrogens is 823 g/mol. The molecular formula is C65H45N3. The fourth-order valence-corrected chi connectivity index (χ4v) is 11.8. The number of aromatic nitrogens is 2. The molecule has 2 aromatic heterocycles. The van der Waals surface area contributed by atoms with Gasteiger partial charge in [-0.3, -0.25) is 0 Å². The number of hydrogen-bond acceptors (Lipinski definition) is 1. The predicted octanol–water partition coefficient (Wildman–Crippen LogP) is 17.6. The Morgan fingerprint density at radius 1 is 0.324 bits per heavy atom. The summed E-state index contributed by atoms with van der Waals surface area (Å²) in [5.41, 5.74) is 17.7. The number of rotatable bonds is 6. The van der Waals surface area contributed by atoms with E-state index in [-0.39, 0.29) is 5.41 Å². The lowest BCUT2D eigenvalue weighted by molar-refractivity contribution is 0.660. The highest BCUT2D eigenvalue weighted by Gasteiger charge is 2.36. The van der Waals surface area contributed by atoms with E-state index in [1.165, 1.54) is 98.5 Å². The molecule has 0 N–H and O–H groups in total. The lowest BCUT2D eigenvalue weighted by Crippen LogP contribution is -2.17. The van der Waals surface area contributed by atoms with Crippen LogP contribution in [0.1, 0.15) is 25.0 Å². The van der Waals surface area contributed by atoms with Crippen molar-refractivity contribution in [2.75, 3.05) is 4.90 Å². The van der Waals surface area contributed by atoms with Gasteiger partial charge in [-0.1, -0.05) is 190 Å². The molecule has 0 radical (unpaired) electrons. The zero-order valence-corrected chi connectivity index (χ0v) is 37.9. The highest BCUT2D eigenvalue weighted by Crippen LogP contribution is 2.51. The van der Waals surface area contributed by atoms with Gasteiger partial charge in [-0.2, -0.15) is 0 Å². The summed E-state index contributed by atoms with van der Waals surface area (Å²) in [6.45, 7) is 4.75. The standard InChI is InChI=1S/C65H45N3/c1-65(2)58-28-14-10-22-51(58)52-37-36-45(41-59(52)65)66(44-34-32-43(33-35-44)42-18-4-3-5-19-42)46-38-47(67-60-29-15-11-23-53(60)54-24-12-16-30-61(54)67)40-48(39-46)68-62-31-17-13-27-57(62)63-55-25-8-6-20-49(55)50-21-7-9-26-56(50)64(63)68/h3-41H,1-2H3. The van der Waals surface area contributed by atoms with Crippen molar-refractivity contribution in [1.29, 1.82) is 0 Å². The van der Waals surface area contributed by atoms with Crippen LogP contribution in [0.15, 0.2) is 237 Å². The van der Waals surface area contributed by atoms with Crippen LogP contribution in [0.5, 0.6) is 0 Å². The summed E-state index contributed by atoms with van der Waals surface area (Å²) in [4.78, 5) is 2.48. The summed E-state index contributed by atoms with van der Waals surface area (Å²) in [5, 5.41) is 9.99. The maximum Gasteiger partial charge on any atom is 0.0625 e. The van der Waals surface area contributed by atoms with Crippen molar-refractivity contribution < 1.29 is 0 Å². The van der Waals surface area contributed by atoms with Crippen molar-refractivity contribution in [2.24, 2.45) is 0 Å². The molecule has 0 spiro atoms. The number of nitrogens with zero attached hydrogens (tertiary/aromatic N) is 3. The number of benzene rings is 11. The van der Waals surface area contributed by atoms with E-state index in [1.54, 1.807) is 0 Å². The van der Waals surface area contributed by atoms with E-state index in [1.807, 2.05) is 0 Å². The van der Waals surface area contributed by atoms with Crippen LogP contribution in [0.25, 0.3) is 98.8 Å². The van der Waals surface area contributed by atoms with Crippen molar-refractivity contribution in [3.05, 3.63) is 248 Å². The maximum atomic E-state index is 2.54. The first-order valence-corrected chi connectivity index (χ1v) is 23.7. The van der Waals surface area contributed by atoms with Crippen LogP contribution in [0.3, 0.4) is 0 Å². The van der Waals surface area contributed by atoms with Crippen LogP contribution in [0, 0.1) is 0 Å².